The smallest absolute Gasteiger partial charge is 0.269 e. The van der Waals surface area contributed by atoms with Crippen LogP contribution in [-0.4, -0.2) is 29.0 Å². The van der Waals surface area contributed by atoms with E-state index in [1.807, 2.05) is 0 Å². The van der Waals surface area contributed by atoms with E-state index in [0.29, 0.717) is 22.6 Å². The van der Waals surface area contributed by atoms with Gasteiger partial charge < -0.3 is 9.73 Å². The largest absolute Gasteiger partial charge is 0.455 e. The summed E-state index contributed by atoms with van der Waals surface area (Å²) in [6, 6.07) is 11.9. The van der Waals surface area contributed by atoms with Gasteiger partial charge in [0.25, 0.3) is 17.5 Å². The van der Waals surface area contributed by atoms with Crippen LogP contribution in [0.3, 0.4) is 0 Å². The van der Waals surface area contributed by atoms with E-state index in [0.717, 1.165) is 0 Å². The summed E-state index contributed by atoms with van der Waals surface area (Å²) >= 11 is 0. The minimum atomic E-state index is -0.871. The lowest BCUT2D eigenvalue weighted by Gasteiger charge is -2.20. The van der Waals surface area contributed by atoms with E-state index < -0.39 is 28.6 Å². The highest BCUT2D eigenvalue weighted by atomic mass is 19.1. The van der Waals surface area contributed by atoms with Crippen molar-refractivity contribution in [2.45, 2.75) is 26.8 Å². The van der Waals surface area contributed by atoms with Gasteiger partial charge in [0, 0.05) is 23.3 Å². The Hall–Kier alpha value is -4.34. The number of nitro groups is 1. The number of non-ortho nitro benzene ring substituents is 1. The van der Waals surface area contributed by atoms with Crippen molar-refractivity contribution >= 4 is 23.7 Å². The zero-order chi connectivity index (χ0) is 24.8. The fourth-order valence-electron chi connectivity index (χ4n) is 3.19. The highest BCUT2D eigenvalue weighted by Gasteiger charge is 2.24. The molecule has 34 heavy (non-hydrogen) atoms. The quantitative estimate of drug-likeness (QED) is 0.292. The number of aryl methyl sites for hydroxylation is 1. The van der Waals surface area contributed by atoms with E-state index >= 15 is 0 Å². The lowest BCUT2D eigenvalue weighted by Crippen LogP contribution is -2.48. The number of rotatable bonds is 8. The second-order valence-corrected chi connectivity index (χ2v) is 7.89. The Morgan fingerprint density at radius 3 is 2.44 bits per heavy atom. The summed E-state index contributed by atoms with van der Waals surface area (Å²) in [5.74, 6) is -0.892. The zero-order valence-electron chi connectivity index (χ0n) is 18.7. The van der Waals surface area contributed by atoms with E-state index in [1.165, 1.54) is 42.6 Å². The molecule has 1 atom stereocenters. The Labute approximate surface area is 194 Å². The monoisotopic (exact) mass is 466 g/mol. The molecule has 2 N–H and O–H groups in total. The van der Waals surface area contributed by atoms with Crippen molar-refractivity contribution in [1.29, 1.82) is 0 Å². The molecule has 0 aliphatic heterocycles. The molecule has 0 saturated carbocycles. The molecule has 0 saturated heterocycles. The number of nitrogens with one attached hydrogen (secondary N) is 2. The first-order chi connectivity index (χ1) is 16.2. The van der Waals surface area contributed by atoms with E-state index in [2.05, 4.69) is 15.8 Å². The summed E-state index contributed by atoms with van der Waals surface area (Å²) < 4.78 is 18.8. The molecular weight excluding hydrogens is 443 g/mol. The third kappa shape index (κ3) is 5.91. The van der Waals surface area contributed by atoms with Crippen molar-refractivity contribution in [3.8, 4) is 11.3 Å². The zero-order valence-corrected chi connectivity index (χ0v) is 18.7. The van der Waals surface area contributed by atoms with Gasteiger partial charge in [0.1, 0.15) is 23.4 Å². The Morgan fingerprint density at radius 2 is 1.82 bits per heavy atom. The van der Waals surface area contributed by atoms with E-state index in [-0.39, 0.29) is 17.2 Å². The van der Waals surface area contributed by atoms with Crippen molar-refractivity contribution in [3.63, 3.8) is 0 Å². The van der Waals surface area contributed by atoms with Gasteiger partial charge in [-0.25, -0.2) is 9.82 Å². The maximum absolute atomic E-state index is 13.1. The van der Waals surface area contributed by atoms with Crippen molar-refractivity contribution in [2.24, 2.45) is 11.0 Å². The summed E-state index contributed by atoms with van der Waals surface area (Å²) in [4.78, 5) is 35.4. The van der Waals surface area contributed by atoms with Gasteiger partial charge in [-0.2, -0.15) is 5.10 Å². The van der Waals surface area contributed by atoms with Crippen molar-refractivity contribution in [3.05, 3.63) is 87.4 Å². The van der Waals surface area contributed by atoms with Crippen LogP contribution < -0.4 is 10.7 Å². The second kappa shape index (κ2) is 10.5. The van der Waals surface area contributed by atoms with Crippen LogP contribution in [0.4, 0.5) is 10.1 Å². The number of furan rings is 1. The van der Waals surface area contributed by atoms with Gasteiger partial charge in [0.15, 0.2) is 0 Å². The number of nitrogens with zero attached hydrogens (tertiary/aromatic N) is 2. The molecule has 10 heteroatoms. The topological polar surface area (TPSA) is 127 Å². The number of amides is 2. The normalized spacial score (nSPS) is 12.0. The molecule has 0 aliphatic carbocycles. The molecule has 3 rings (SSSR count). The van der Waals surface area contributed by atoms with Gasteiger partial charge in [0.05, 0.1) is 11.1 Å². The van der Waals surface area contributed by atoms with Gasteiger partial charge in [-0.1, -0.05) is 13.8 Å². The summed E-state index contributed by atoms with van der Waals surface area (Å²) in [5, 5.41) is 17.4. The van der Waals surface area contributed by atoms with Crippen LogP contribution in [0.2, 0.25) is 0 Å². The number of hydrogen-bond acceptors (Lipinski definition) is 6. The van der Waals surface area contributed by atoms with Gasteiger partial charge in [-0.15, -0.1) is 0 Å². The first-order valence-corrected chi connectivity index (χ1v) is 10.4. The highest BCUT2D eigenvalue weighted by Crippen LogP contribution is 2.28. The summed E-state index contributed by atoms with van der Waals surface area (Å²) in [7, 11) is 0. The van der Waals surface area contributed by atoms with Gasteiger partial charge in [-0.05, 0) is 60.9 Å². The molecule has 176 valence electrons. The van der Waals surface area contributed by atoms with Crippen LogP contribution in [0, 0.1) is 28.8 Å². The van der Waals surface area contributed by atoms with Crippen molar-refractivity contribution in [1.82, 2.24) is 10.7 Å². The van der Waals surface area contributed by atoms with Crippen LogP contribution in [0.25, 0.3) is 11.3 Å². The maximum Gasteiger partial charge on any atom is 0.269 e. The van der Waals surface area contributed by atoms with Crippen molar-refractivity contribution in [2.75, 3.05) is 0 Å². The Kier molecular flexibility index (Phi) is 7.52. The first-order valence-electron chi connectivity index (χ1n) is 10.4. The average molecular weight is 466 g/mol. The number of carbonyl (C=O) groups is 2. The molecule has 1 heterocycles. The third-order valence-corrected chi connectivity index (χ3v) is 5.02. The SMILES string of the molecule is Cc1cc([N+](=O)[O-])ccc1-c1ccc(/C=N\NC(=O)[C@@H](NC(=O)c2ccc(F)cc2)C(C)C)o1. The Morgan fingerprint density at radius 1 is 1.12 bits per heavy atom. The Bertz CT molecular complexity index is 1230. The van der Waals surface area contributed by atoms with Crippen LogP contribution >= 0.6 is 0 Å². The third-order valence-electron chi connectivity index (χ3n) is 5.02. The van der Waals surface area contributed by atoms with E-state index in [9.17, 15) is 24.1 Å². The standard InChI is InChI=1S/C24H23FN4O5/c1-14(2)22(27-23(30)16-4-6-17(25)7-5-16)24(31)28-26-13-19-9-11-21(34-19)20-10-8-18(29(32)33)12-15(20)3/h4-14,22H,1-3H3,(H,27,30)(H,28,31)/b26-13-/t22-/m0/s1. The van der Waals surface area contributed by atoms with Crippen molar-refractivity contribution < 1.29 is 23.3 Å². The molecule has 0 unspecified atom stereocenters. The number of hydrazone groups is 1. The van der Waals surface area contributed by atoms with Crippen LogP contribution in [0.15, 0.2) is 64.1 Å². The number of halogens is 1. The number of nitro benzene ring substituents is 1. The van der Waals surface area contributed by atoms with E-state index in [1.54, 1.807) is 39.0 Å². The second-order valence-electron chi connectivity index (χ2n) is 7.89. The molecular formula is C24H23FN4O5. The molecule has 0 fully saturated rings. The molecule has 2 amide bonds. The lowest BCUT2D eigenvalue weighted by molar-refractivity contribution is -0.384. The lowest BCUT2D eigenvalue weighted by atomic mass is 10.0. The molecule has 9 nitrogen and oxygen atoms in total. The van der Waals surface area contributed by atoms with E-state index in [4.69, 9.17) is 4.42 Å². The molecule has 0 spiro atoms. The van der Waals surface area contributed by atoms with Gasteiger partial charge in [0.2, 0.25) is 0 Å². The molecule has 3 aromatic rings. The fourth-order valence-corrected chi connectivity index (χ4v) is 3.19. The van der Waals surface area contributed by atoms with Gasteiger partial charge in [-0.3, -0.25) is 19.7 Å². The average Bonchev–Trinajstić information content (AvgIpc) is 3.25. The summed E-state index contributed by atoms with van der Waals surface area (Å²) in [6.07, 6.45) is 1.31. The molecule has 0 aliphatic rings. The molecule has 2 aromatic carbocycles. The highest BCUT2D eigenvalue weighted by molar-refractivity contribution is 5.97. The Balaban J connectivity index is 1.64. The number of carbonyl (C=O) groups excluding carboxylic acids is 2. The number of benzene rings is 2. The summed E-state index contributed by atoms with van der Waals surface area (Å²) in [5.41, 5.74) is 3.97. The van der Waals surface area contributed by atoms with Gasteiger partial charge >= 0.3 is 0 Å². The maximum atomic E-state index is 13.1. The first kappa shape index (κ1) is 24.3. The fraction of sp³-hybridized carbons (Fsp3) is 0.208. The minimum absolute atomic E-state index is 0.0106. The predicted molar refractivity (Wildman–Crippen MR) is 124 cm³/mol. The van der Waals surface area contributed by atoms with Crippen LogP contribution in [0.5, 0.6) is 0 Å². The molecule has 1 aromatic heterocycles. The molecule has 0 bridgehead atoms. The number of hydrogen-bond donors (Lipinski definition) is 2. The van der Waals surface area contributed by atoms with Crippen LogP contribution in [0.1, 0.15) is 35.5 Å². The van der Waals surface area contributed by atoms with Crippen LogP contribution in [-0.2, 0) is 4.79 Å². The molecule has 0 radical (unpaired) electrons. The predicted octanol–water partition coefficient (Wildman–Crippen LogP) is 4.21. The summed E-state index contributed by atoms with van der Waals surface area (Å²) in [6.45, 7) is 5.28. The minimum Gasteiger partial charge on any atom is -0.455 e.